The number of carboxylic acids is 1. The summed E-state index contributed by atoms with van der Waals surface area (Å²) in [6, 6.07) is 5.66. The molecule has 1 aromatic carbocycles. The number of carboxylic acid groups (broad SMARTS) is 1. The molecule has 17 heavy (non-hydrogen) atoms. The minimum Gasteiger partial charge on any atom is -0.481 e. The third kappa shape index (κ3) is 4.26. The molecule has 4 heteroatoms. The van der Waals surface area contributed by atoms with E-state index < -0.39 is 5.97 Å². The first-order valence-electron chi connectivity index (χ1n) is 5.40. The Morgan fingerprint density at radius 3 is 2.65 bits per heavy atom. The fourth-order valence-electron chi connectivity index (χ4n) is 1.55. The molecule has 0 bridgehead atoms. The molecule has 0 saturated heterocycles. The molecule has 0 amide bonds. The van der Waals surface area contributed by atoms with Gasteiger partial charge in [0.05, 0.1) is 13.5 Å². The Labute approximate surface area is 100 Å². The topological polar surface area (TPSA) is 63.6 Å². The maximum absolute atomic E-state index is 11.2. The highest BCUT2D eigenvalue weighted by atomic mass is 16.5. The van der Waals surface area contributed by atoms with E-state index >= 15 is 0 Å². The van der Waals surface area contributed by atoms with E-state index in [2.05, 4.69) is 4.74 Å². The van der Waals surface area contributed by atoms with Crippen LogP contribution in [0.1, 0.15) is 23.1 Å². The zero-order valence-electron chi connectivity index (χ0n) is 10.0. The third-order valence-corrected chi connectivity index (χ3v) is 2.60. The zero-order valence-corrected chi connectivity index (χ0v) is 10.0. The Morgan fingerprint density at radius 2 is 2.06 bits per heavy atom. The van der Waals surface area contributed by atoms with Gasteiger partial charge in [0.1, 0.15) is 0 Å². The second kappa shape index (κ2) is 6.03. The fourth-order valence-corrected chi connectivity index (χ4v) is 1.55. The lowest BCUT2D eigenvalue weighted by molar-refractivity contribution is -0.140. The van der Waals surface area contributed by atoms with Gasteiger partial charge in [0.2, 0.25) is 0 Å². The number of carbonyl (C=O) groups is 2. The average Bonchev–Trinajstić information content (AvgIpc) is 2.29. The zero-order chi connectivity index (χ0) is 12.8. The molecule has 1 aromatic rings. The van der Waals surface area contributed by atoms with Crippen LogP contribution in [0.3, 0.4) is 0 Å². The Morgan fingerprint density at radius 1 is 1.35 bits per heavy atom. The van der Waals surface area contributed by atoms with Gasteiger partial charge < -0.3 is 9.84 Å². The van der Waals surface area contributed by atoms with Crippen molar-refractivity contribution in [3.63, 3.8) is 0 Å². The van der Waals surface area contributed by atoms with Crippen LogP contribution >= 0.6 is 0 Å². The van der Waals surface area contributed by atoms with Gasteiger partial charge in [0, 0.05) is 6.42 Å². The van der Waals surface area contributed by atoms with Crippen molar-refractivity contribution in [3.8, 4) is 0 Å². The van der Waals surface area contributed by atoms with Crippen molar-refractivity contribution in [2.45, 2.75) is 26.2 Å². The normalized spacial score (nSPS) is 10.0. The van der Waals surface area contributed by atoms with Crippen LogP contribution in [0.15, 0.2) is 18.2 Å². The van der Waals surface area contributed by atoms with Crippen LogP contribution < -0.4 is 0 Å². The molecule has 1 N–H and O–H groups in total. The van der Waals surface area contributed by atoms with Gasteiger partial charge in [-0.05, 0) is 30.0 Å². The monoisotopic (exact) mass is 236 g/mol. The summed E-state index contributed by atoms with van der Waals surface area (Å²) in [5, 5.41) is 8.61. The number of ether oxygens (including phenoxy) is 1. The van der Waals surface area contributed by atoms with Gasteiger partial charge in [-0.3, -0.25) is 9.59 Å². The quantitative estimate of drug-likeness (QED) is 0.791. The van der Waals surface area contributed by atoms with E-state index in [9.17, 15) is 9.59 Å². The van der Waals surface area contributed by atoms with Gasteiger partial charge in [-0.15, -0.1) is 0 Å². The maximum atomic E-state index is 11.2. The summed E-state index contributed by atoms with van der Waals surface area (Å²) in [5.74, 6) is -1.11. The van der Waals surface area contributed by atoms with Gasteiger partial charge in [0.25, 0.3) is 0 Å². The number of aryl methyl sites for hydroxylation is 2. The molecule has 0 aromatic heterocycles. The van der Waals surface area contributed by atoms with E-state index in [0.717, 1.165) is 16.7 Å². The van der Waals surface area contributed by atoms with Gasteiger partial charge in [0.15, 0.2) is 0 Å². The van der Waals surface area contributed by atoms with Crippen LogP contribution in [0, 0.1) is 6.92 Å². The molecule has 92 valence electrons. The predicted octanol–water partition coefficient (Wildman–Crippen LogP) is 1.73. The van der Waals surface area contributed by atoms with Gasteiger partial charge >= 0.3 is 11.9 Å². The van der Waals surface area contributed by atoms with Crippen LogP contribution in [0.25, 0.3) is 0 Å². The van der Waals surface area contributed by atoms with Crippen molar-refractivity contribution in [1.82, 2.24) is 0 Å². The molecule has 0 aliphatic heterocycles. The number of hydrogen-bond acceptors (Lipinski definition) is 3. The number of benzene rings is 1. The molecule has 0 unspecified atom stereocenters. The summed E-state index contributed by atoms with van der Waals surface area (Å²) >= 11 is 0. The molecular formula is C13H16O4. The number of esters is 1. The van der Waals surface area contributed by atoms with Crippen LogP contribution in [0.5, 0.6) is 0 Å². The highest BCUT2D eigenvalue weighted by Crippen LogP contribution is 2.14. The molecule has 0 aliphatic carbocycles. The highest BCUT2D eigenvalue weighted by Gasteiger charge is 2.07. The summed E-state index contributed by atoms with van der Waals surface area (Å²) < 4.78 is 4.61. The molecule has 0 spiro atoms. The highest BCUT2D eigenvalue weighted by molar-refractivity contribution is 5.73. The van der Waals surface area contributed by atoms with Crippen LogP contribution in [-0.2, 0) is 27.2 Å². The molecule has 1 rings (SSSR count). The van der Waals surface area contributed by atoms with Crippen molar-refractivity contribution in [1.29, 1.82) is 0 Å². The summed E-state index contributed by atoms with van der Waals surface area (Å²) in [4.78, 5) is 21.7. The van der Waals surface area contributed by atoms with Crippen LogP contribution in [-0.4, -0.2) is 24.2 Å². The van der Waals surface area contributed by atoms with E-state index in [1.54, 1.807) is 0 Å². The van der Waals surface area contributed by atoms with E-state index in [4.69, 9.17) is 5.11 Å². The average molecular weight is 236 g/mol. The number of rotatable bonds is 5. The Hall–Kier alpha value is -1.84. The molecule has 0 radical (unpaired) electrons. The molecule has 0 atom stereocenters. The Balaban J connectivity index is 2.79. The largest absolute Gasteiger partial charge is 0.481 e. The minimum absolute atomic E-state index is 0.0979. The molecule has 0 heterocycles. The van der Waals surface area contributed by atoms with E-state index in [0.29, 0.717) is 6.42 Å². The first-order valence-corrected chi connectivity index (χ1v) is 5.40. The first kappa shape index (κ1) is 13.2. The maximum Gasteiger partial charge on any atom is 0.309 e. The van der Waals surface area contributed by atoms with Crippen molar-refractivity contribution in [2.24, 2.45) is 0 Å². The Kier molecular flexibility index (Phi) is 4.69. The second-order valence-electron chi connectivity index (χ2n) is 3.91. The first-order chi connectivity index (χ1) is 8.02. The van der Waals surface area contributed by atoms with E-state index in [-0.39, 0.29) is 18.8 Å². The number of carbonyl (C=O) groups excluding carboxylic acids is 1. The van der Waals surface area contributed by atoms with Crippen molar-refractivity contribution >= 4 is 11.9 Å². The minimum atomic E-state index is -0.819. The summed E-state index contributed by atoms with van der Waals surface area (Å²) in [6.07, 6.45) is 0.799. The standard InChI is InChI=1S/C13H16O4/c1-9-3-4-10(5-6-12(14)15)7-11(9)8-13(16)17-2/h3-4,7H,5-6,8H2,1-2H3,(H,14,15). The number of methoxy groups -OCH3 is 1. The molecular weight excluding hydrogens is 220 g/mol. The molecule has 0 saturated carbocycles. The summed E-state index contributed by atoms with van der Waals surface area (Å²) in [6.45, 7) is 1.92. The van der Waals surface area contributed by atoms with Gasteiger partial charge in [-0.1, -0.05) is 18.2 Å². The number of aliphatic carboxylic acids is 1. The fraction of sp³-hybridized carbons (Fsp3) is 0.385. The lowest BCUT2D eigenvalue weighted by Crippen LogP contribution is -2.06. The van der Waals surface area contributed by atoms with E-state index in [1.165, 1.54) is 7.11 Å². The molecule has 4 nitrogen and oxygen atoms in total. The van der Waals surface area contributed by atoms with Crippen LogP contribution in [0.2, 0.25) is 0 Å². The van der Waals surface area contributed by atoms with Crippen molar-refractivity contribution in [2.75, 3.05) is 7.11 Å². The number of hydrogen-bond donors (Lipinski definition) is 1. The second-order valence-corrected chi connectivity index (χ2v) is 3.91. The lowest BCUT2D eigenvalue weighted by Gasteiger charge is -2.07. The van der Waals surface area contributed by atoms with Crippen LogP contribution in [0.4, 0.5) is 0 Å². The third-order valence-electron chi connectivity index (χ3n) is 2.60. The van der Waals surface area contributed by atoms with Gasteiger partial charge in [-0.25, -0.2) is 0 Å². The smallest absolute Gasteiger partial charge is 0.309 e. The van der Waals surface area contributed by atoms with Gasteiger partial charge in [-0.2, -0.15) is 0 Å². The summed E-state index contributed by atoms with van der Waals surface area (Å²) in [5.41, 5.74) is 2.83. The van der Waals surface area contributed by atoms with E-state index in [1.807, 2.05) is 25.1 Å². The van der Waals surface area contributed by atoms with Crippen molar-refractivity contribution < 1.29 is 19.4 Å². The molecule has 0 fully saturated rings. The SMILES string of the molecule is COC(=O)Cc1cc(CCC(=O)O)ccc1C. The predicted molar refractivity (Wildman–Crippen MR) is 62.9 cm³/mol. The Bertz CT molecular complexity index is 423. The van der Waals surface area contributed by atoms with Crippen molar-refractivity contribution in [3.05, 3.63) is 34.9 Å². The lowest BCUT2D eigenvalue weighted by atomic mass is 10.00. The molecule has 0 aliphatic rings. The summed E-state index contributed by atoms with van der Waals surface area (Å²) in [7, 11) is 1.35.